The number of nitrogens with one attached hydrogen (secondary N) is 1. The van der Waals surface area contributed by atoms with Crippen LogP contribution in [0.5, 0.6) is 5.75 Å². The molecule has 1 N–H and O–H groups in total. The molecule has 0 radical (unpaired) electrons. The number of aryl methyl sites for hydroxylation is 3. The molecule has 26 heavy (non-hydrogen) atoms. The first-order valence-corrected chi connectivity index (χ1v) is 9.19. The third kappa shape index (κ3) is 4.46. The van der Waals surface area contributed by atoms with Crippen LogP contribution in [-0.4, -0.2) is 22.2 Å². The third-order valence-corrected chi connectivity index (χ3v) is 4.72. The van der Waals surface area contributed by atoms with Gasteiger partial charge in [0, 0.05) is 5.56 Å². The summed E-state index contributed by atoms with van der Waals surface area (Å²) in [5.74, 6) is 0.429. The normalized spacial score (nSPS) is 11.8. The molecule has 0 bridgehead atoms. The van der Waals surface area contributed by atoms with E-state index in [1.807, 2.05) is 57.2 Å². The number of anilines is 1. The van der Waals surface area contributed by atoms with Crippen LogP contribution in [0.4, 0.5) is 5.13 Å². The number of carbonyl (C=O) groups is 1. The molecule has 0 aliphatic heterocycles. The van der Waals surface area contributed by atoms with Gasteiger partial charge < -0.3 is 4.74 Å². The number of hydrogen-bond acceptors (Lipinski definition) is 5. The van der Waals surface area contributed by atoms with Crippen molar-refractivity contribution < 1.29 is 9.53 Å². The largest absolute Gasteiger partial charge is 0.481 e. The fourth-order valence-electron chi connectivity index (χ4n) is 2.55. The molecule has 1 heterocycles. The van der Waals surface area contributed by atoms with E-state index in [-0.39, 0.29) is 5.91 Å². The molecule has 1 aromatic heterocycles. The van der Waals surface area contributed by atoms with Gasteiger partial charge in [-0.05, 0) is 51.0 Å². The van der Waals surface area contributed by atoms with Crippen molar-refractivity contribution in [2.24, 2.45) is 0 Å². The van der Waals surface area contributed by atoms with E-state index in [1.54, 1.807) is 6.92 Å². The second kappa shape index (κ2) is 7.66. The van der Waals surface area contributed by atoms with Crippen LogP contribution >= 0.6 is 11.3 Å². The lowest BCUT2D eigenvalue weighted by molar-refractivity contribution is -0.122. The standard InChI is InChI=1S/C20H21N3O2S/c1-12-5-7-16(8-6-12)19-22-23-20(26-19)21-18(24)15(4)25-17-10-13(2)9-14(3)11-17/h5-11,15H,1-4H3,(H,21,23,24). The zero-order valence-electron chi connectivity index (χ0n) is 15.2. The van der Waals surface area contributed by atoms with Crippen molar-refractivity contribution in [2.75, 3.05) is 5.32 Å². The summed E-state index contributed by atoms with van der Waals surface area (Å²) in [6.45, 7) is 7.75. The van der Waals surface area contributed by atoms with Crippen LogP contribution < -0.4 is 10.1 Å². The maximum atomic E-state index is 12.4. The average molecular weight is 367 g/mol. The van der Waals surface area contributed by atoms with Gasteiger partial charge in [0.2, 0.25) is 5.13 Å². The van der Waals surface area contributed by atoms with Crippen LogP contribution in [0.2, 0.25) is 0 Å². The Morgan fingerprint density at radius 3 is 2.31 bits per heavy atom. The van der Waals surface area contributed by atoms with E-state index in [9.17, 15) is 4.79 Å². The number of amides is 1. The van der Waals surface area contributed by atoms with Crippen LogP contribution in [0.25, 0.3) is 10.6 Å². The molecular formula is C20H21N3O2S. The molecule has 0 spiro atoms. The maximum Gasteiger partial charge on any atom is 0.266 e. The number of ether oxygens (including phenoxy) is 1. The molecule has 3 rings (SSSR count). The number of nitrogens with zero attached hydrogens (tertiary/aromatic N) is 2. The second-order valence-electron chi connectivity index (χ2n) is 6.35. The topological polar surface area (TPSA) is 64.1 Å². The summed E-state index contributed by atoms with van der Waals surface area (Å²) in [6.07, 6.45) is -0.636. The number of hydrogen-bond donors (Lipinski definition) is 1. The monoisotopic (exact) mass is 367 g/mol. The first kappa shape index (κ1) is 18.1. The van der Waals surface area contributed by atoms with Gasteiger partial charge in [-0.25, -0.2) is 0 Å². The minimum absolute atomic E-state index is 0.254. The van der Waals surface area contributed by atoms with Crippen LogP contribution in [-0.2, 0) is 4.79 Å². The van der Waals surface area contributed by atoms with Crippen molar-refractivity contribution in [3.8, 4) is 16.3 Å². The van der Waals surface area contributed by atoms with Gasteiger partial charge in [-0.1, -0.05) is 47.2 Å². The molecule has 1 atom stereocenters. The molecule has 0 aliphatic rings. The molecule has 0 aliphatic carbocycles. The Hall–Kier alpha value is -2.73. The number of benzene rings is 2. The fraction of sp³-hybridized carbons (Fsp3) is 0.250. The van der Waals surface area contributed by atoms with Crippen molar-refractivity contribution in [3.63, 3.8) is 0 Å². The summed E-state index contributed by atoms with van der Waals surface area (Å²) < 4.78 is 5.76. The summed E-state index contributed by atoms with van der Waals surface area (Å²) in [4.78, 5) is 12.4. The van der Waals surface area contributed by atoms with Crippen LogP contribution in [0.3, 0.4) is 0 Å². The zero-order chi connectivity index (χ0) is 18.7. The van der Waals surface area contributed by atoms with Gasteiger partial charge in [-0.3, -0.25) is 10.1 Å². The molecule has 134 valence electrons. The van der Waals surface area contributed by atoms with E-state index < -0.39 is 6.10 Å². The van der Waals surface area contributed by atoms with Gasteiger partial charge in [0.25, 0.3) is 5.91 Å². The van der Waals surface area contributed by atoms with Gasteiger partial charge in [-0.15, -0.1) is 10.2 Å². The van der Waals surface area contributed by atoms with Crippen molar-refractivity contribution >= 4 is 22.4 Å². The molecule has 0 saturated heterocycles. The van der Waals surface area contributed by atoms with Gasteiger partial charge >= 0.3 is 0 Å². The van der Waals surface area contributed by atoms with Gasteiger partial charge in [-0.2, -0.15) is 0 Å². The highest BCUT2D eigenvalue weighted by atomic mass is 32.1. The molecule has 3 aromatic rings. The number of aromatic nitrogens is 2. The van der Waals surface area contributed by atoms with E-state index >= 15 is 0 Å². The maximum absolute atomic E-state index is 12.4. The Bertz CT molecular complexity index is 899. The first-order chi connectivity index (χ1) is 12.4. The highest BCUT2D eigenvalue weighted by Gasteiger charge is 2.17. The van der Waals surface area contributed by atoms with Crippen molar-refractivity contribution in [1.29, 1.82) is 0 Å². The van der Waals surface area contributed by atoms with E-state index in [0.717, 1.165) is 21.7 Å². The molecular weight excluding hydrogens is 346 g/mol. The van der Waals surface area contributed by atoms with E-state index in [4.69, 9.17) is 4.74 Å². The van der Waals surface area contributed by atoms with E-state index in [0.29, 0.717) is 10.9 Å². The SMILES string of the molecule is Cc1ccc(-c2nnc(NC(=O)C(C)Oc3cc(C)cc(C)c3)s2)cc1. The molecule has 0 saturated carbocycles. The smallest absolute Gasteiger partial charge is 0.266 e. The minimum atomic E-state index is -0.636. The van der Waals surface area contributed by atoms with E-state index in [1.165, 1.54) is 16.9 Å². The summed E-state index contributed by atoms with van der Waals surface area (Å²) in [6, 6.07) is 13.9. The predicted molar refractivity (Wildman–Crippen MR) is 105 cm³/mol. The van der Waals surface area contributed by atoms with Crippen LogP contribution in [0, 0.1) is 20.8 Å². The minimum Gasteiger partial charge on any atom is -0.481 e. The fourth-order valence-corrected chi connectivity index (χ4v) is 3.30. The molecule has 6 heteroatoms. The number of rotatable bonds is 5. The highest BCUT2D eigenvalue weighted by Crippen LogP contribution is 2.26. The summed E-state index contributed by atoms with van der Waals surface area (Å²) >= 11 is 1.34. The van der Waals surface area contributed by atoms with Crippen molar-refractivity contribution in [3.05, 3.63) is 59.2 Å². The quantitative estimate of drug-likeness (QED) is 0.719. The van der Waals surface area contributed by atoms with E-state index in [2.05, 4.69) is 21.6 Å². The first-order valence-electron chi connectivity index (χ1n) is 8.37. The average Bonchev–Trinajstić information content (AvgIpc) is 3.03. The Balaban J connectivity index is 1.65. The molecule has 2 aromatic carbocycles. The van der Waals surface area contributed by atoms with Crippen molar-refractivity contribution in [2.45, 2.75) is 33.8 Å². The molecule has 1 unspecified atom stereocenters. The van der Waals surface area contributed by atoms with Gasteiger partial charge in [0.1, 0.15) is 10.8 Å². The Kier molecular flexibility index (Phi) is 5.32. The second-order valence-corrected chi connectivity index (χ2v) is 7.33. The Morgan fingerprint density at radius 1 is 1.00 bits per heavy atom. The number of carbonyl (C=O) groups excluding carboxylic acids is 1. The predicted octanol–water partition coefficient (Wildman–Crippen LogP) is 4.54. The zero-order valence-corrected chi connectivity index (χ0v) is 16.1. The molecule has 1 amide bonds. The van der Waals surface area contributed by atoms with Crippen LogP contribution in [0.1, 0.15) is 23.6 Å². The highest BCUT2D eigenvalue weighted by molar-refractivity contribution is 7.18. The molecule has 0 fully saturated rings. The summed E-state index contributed by atoms with van der Waals surface area (Å²) in [5, 5.41) is 12.2. The lowest BCUT2D eigenvalue weighted by Gasteiger charge is -2.14. The third-order valence-electron chi connectivity index (χ3n) is 3.83. The Labute approximate surface area is 157 Å². The van der Waals surface area contributed by atoms with Crippen LogP contribution in [0.15, 0.2) is 42.5 Å². The summed E-state index contributed by atoms with van der Waals surface area (Å²) in [5.41, 5.74) is 4.36. The lowest BCUT2D eigenvalue weighted by atomic mass is 10.1. The van der Waals surface area contributed by atoms with Gasteiger partial charge in [0.15, 0.2) is 6.10 Å². The summed E-state index contributed by atoms with van der Waals surface area (Å²) in [7, 11) is 0. The lowest BCUT2D eigenvalue weighted by Crippen LogP contribution is -2.30. The Morgan fingerprint density at radius 2 is 1.65 bits per heavy atom. The van der Waals surface area contributed by atoms with Crippen molar-refractivity contribution in [1.82, 2.24) is 10.2 Å². The van der Waals surface area contributed by atoms with Gasteiger partial charge in [0.05, 0.1) is 0 Å². The molecule has 5 nitrogen and oxygen atoms in total.